The van der Waals surface area contributed by atoms with Crippen molar-refractivity contribution in [2.24, 2.45) is 11.7 Å². The Morgan fingerprint density at radius 2 is 2.05 bits per heavy atom. The van der Waals surface area contributed by atoms with Crippen LogP contribution in [0.25, 0.3) is 0 Å². The van der Waals surface area contributed by atoms with Gasteiger partial charge in [0, 0.05) is 12.6 Å². The van der Waals surface area contributed by atoms with Gasteiger partial charge in [-0.05, 0) is 30.9 Å². The summed E-state index contributed by atoms with van der Waals surface area (Å²) in [5.41, 5.74) is 6.63. The van der Waals surface area contributed by atoms with Crippen LogP contribution >= 0.6 is 0 Å². The second-order valence-corrected chi connectivity index (χ2v) is 6.03. The van der Waals surface area contributed by atoms with Gasteiger partial charge in [0.25, 0.3) is 0 Å². The van der Waals surface area contributed by atoms with Crippen LogP contribution in [0.2, 0.25) is 0 Å². The van der Waals surface area contributed by atoms with Gasteiger partial charge >= 0.3 is 0 Å². The average molecular weight is 277 g/mol. The van der Waals surface area contributed by atoms with E-state index in [0.29, 0.717) is 12.0 Å². The quantitative estimate of drug-likeness (QED) is 0.639. The van der Waals surface area contributed by atoms with E-state index in [0.717, 1.165) is 25.1 Å². The van der Waals surface area contributed by atoms with Gasteiger partial charge in [0.1, 0.15) is 11.7 Å². The first kappa shape index (κ1) is 14.8. The van der Waals surface area contributed by atoms with Gasteiger partial charge in [-0.2, -0.15) is 0 Å². The smallest absolute Gasteiger partial charge is 0.136 e. The summed E-state index contributed by atoms with van der Waals surface area (Å²) in [5, 5.41) is 7.67. The van der Waals surface area contributed by atoms with E-state index in [1.165, 1.54) is 18.9 Å². The van der Waals surface area contributed by atoms with Crippen molar-refractivity contribution in [3.63, 3.8) is 0 Å². The summed E-state index contributed by atoms with van der Waals surface area (Å²) in [5.74, 6) is -0.106. The number of hydrogen-bond donors (Lipinski definition) is 2. The molecule has 0 heterocycles. The van der Waals surface area contributed by atoms with Crippen molar-refractivity contribution in [1.29, 1.82) is 5.41 Å². The summed E-state index contributed by atoms with van der Waals surface area (Å²) in [6.07, 6.45) is 4.73. The largest absolute Gasteiger partial charge is 0.384 e. The Labute approximate surface area is 120 Å². The molecule has 0 saturated heterocycles. The highest BCUT2D eigenvalue weighted by Crippen LogP contribution is 2.32. The summed E-state index contributed by atoms with van der Waals surface area (Å²) in [4.78, 5) is 2.26. The maximum absolute atomic E-state index is 14.0. The van der Waals surface area contributed by atoms with Crippen molar-refractivity contribution in [3.05, 3.63) is 29.6 Å². The van der Waals surface area contributed by atoms with Crippen LogP contribution in [0.4, 0.5) is 10.1 Å². The van der Waals surface area contributed by atoms with Gasteiger partial charge in [0.05, 0.1) is 11.3 Å². The second kappa shape index (κ2) is 6.25. The summed E-state index contributed by atoms with van der Waals surface area (Å²) in [6.45, 7) is 5.19. The first-order valence-corrected chi connectivity index (χ1v) is 7.40. The third kappa shape index (κ3) is 3.11. The normalized spacial score (nSPS) is 15.8. The van der Waals surface area contributed by atoms with Gasteiger partial charge in [-0.1, -0.05) is 32.8 Å². The van der Waals surface area contributed by atoms with E-state index in [9.17, 15) is 4.39 Å². The number of nitrogens with zero attached hydrogens (tertiary/aromatic N) is 1. The molecule has 0 aromatic heterocycles. The average Bonchev–Trinajstić information content (AvgIpc) is 2.88. The van der Waals surface area contributed by atoms with Crippen molar-refractivity contribution in [3.8, 4) is 0 Å². The van der Waals surface area contributed by atoms with Crippen LogP contribution < -0.4 is 10.6 Å². The molecule has 0 bridgehead atoms. The molecule has 0 unspecified atom stereocenters. The molecule has 0 amide bonds. The van der Waals surface area contributed by atoms with Crippen molar-refractivity contribution in [2.75, 3.05) is 11.4 Å². The highest BCUT2D eigenvalue weighted by molar-refractivity contribution is 6.00. The lowest BCUT2D eigenvalue weighted by molar-refractivity contribution is 0.533. The number of anilines is 1. The Kier molecular flexibility index (Phi) is 4.63. The lowest BCUT2D eigenvalue weighted by Crippen LogP contribution is -2.38. The zero-order chi connectivity index (χ0) is 14.7. The number of benzene rings is 1. The summed E-state index contributed by atoms with van der Waals surface area (Å²) >= 11 is 0. The van der Waals surface area contributed by atoms with Crippen LogP contribution in [0.3, 0.4) is 0 Å². The molecule has 0 spiro atoms. The zero-order valence-corrected chi connectivity index (χ0v) is 12.3. The van der Waals surface area contributed by atoms with Crippen molar-refractivity contribution in [2.45, 2.75) is 45.6 Å². The molecular formula is C16H24FN3. The predicted octanol–water partition coefficient (Wildman–Crippen LogP) is 3.51. The fourth-order valence-corrected chi connectivity index (χ4v) is 3.07. The van der Waals surface area contributed by atoms with Crippen LogP contribution in [0.5, 0.6) is 0 Å². The third-order valence-electron chi connectivity index (χ3n) is 3.90. The summed E-state index contributed by atoms with van der Waals surface area (Å²) in [7, 11) is 0. The van der Waals surface area contributed by atoms with Crippen LogP contribution in [0, 0.1) is 17.1 Å². The highest BCUT2D eigenvalue weighted by Gasteiger charge is 2.26. The maximum Gasteiger partial charge on any atom is 0.136 e. The molecule has 1 aromatic carbocycles. The third-order valence-corrected chi connectivity index (χ3v) is 3.90. The molecule has 110 valence electrons. The van der Waals surface area contributed by atoms with Crippen LogP contribution in [-0.2, 0) is 0 Å². The van der Waals surface area contributed by atoms with Crippen LogP contribution in [0.15, 0.2) is 18.2 Å². The number of nitrogens with one attached hydrogen (secondary N) is 1. The van der Waals surface area contributed by atoms with E-state index < -0.39 is 5.82 Å². The first-order valence-electron chi connectivity index (χ1n) is 7.40. The SMILES string of the molecule is CC(C)CN(c1cccc(F)c1C(=N)N)C1CCCC1. The van der Waals surface area contributed by atoms with E-state index in [-0.39, 0.29) is 11.4 Å². The molecule has 1 saturated carbocycles. The Morgan fingerprint density at radius 3 is 2.60 bits per heavy atom. The number of rotatable bonds is 5. The van der Waals surface area contributed by atoms with E-state index in [2.05, 4.69) is 18.7 Å². The van der Waals surface area contributed by atoms with Gasteiger partial charge in [-0.25, -0.2) is 4.39 Å². The molecule has 1 aliphatic rings. The molecule has 4 heteroatoms. The van der Waals surface area contributed by atoms with Gasteiger partial charge in [0.15, 0.2) is 0 Å². The Bertz CT molecular complexity index is 479. The zero-order valence-electron chi connectivity index (χ0n) is 12.3. The molecule has 20 heavy (non-hydrogen) atoms. The fourth-order valence-electron chi connectivity index (χ4n) is 3.07. The van der Waals surface area contributed by atoms with Crippen LogP contribution in [-0.4, -0.2) is 18.4 Å². The maximum atomic E-state index is 14.0. The van der Waals surface area contributed by atoms with Gasteiger partial charge in [-0.15, -0.1) is 0 Å². The first-order chi connectivity index (χ1) is 9.50. The van der Waals surface area contributed by atoms with Crippen molar-refractivity contribution in [1.82, 2.24) is 0 Å². The molecule has 0 radical (unpaired) electrons. The van der Waals surface area contributed by atoms with E-state index in [4.69, 9.17) is 11.1 Å². The Hall–Kier alpha value is -1.58. The molecule has 3 nitrogen and oxygen atoms in total. The van der Waals surface area contributed by atoms with E-state index >= 15 is 0 Å². The monoisotopic (exact) mass is 277 g/mol. The van der Waals surface area contributed by atoms with Crippen molar-refractivity contribution < 1.29 is 4.39 Å². The Balaban J connectivity index is 2.42. The number of halogens is 1. The van der Waals surface area contributed by atoms with Gasteiger partial charge in [-0.3, -0.25) is 5.41 Å². The molecule has 3 N–H and O–H groups in total. The van der Waals surface area contributed by atoms with Gasteiger partial charge in [0.2, 0.25) is 0 Å². The van der Waals surface area contributed by atoms with E-state index in [1.807, 2.05) is 6.07 Å². The number of nitrogens with two attached hydrogens (primary N) is 1. The Morgan fingerprint density at radius 1 is 1.40 bits per heavy atom. The van der Waals surface area contributed by atoms with Crippen molar-refractivity contribution >= 4 is 11.5 Å². The minimum absolute atomic E-state index is 0.190. The molecular weight excluding hydrogens is 253 g/mol. The summed E-state index contributed by atoms with van der Waals surface area (Å²) in [6, 6.07) is 5.42. The molecule has 0 aliphatic heterocycles. The molecule has 1 aromatic rings. The minimum Gasteiger partial charge on any atom is -0.384 e. The van der Waals surface area contributed by atoms with Crippen LogP contribution in [0.1, 0.15) is 45.1 Å². The predicted molar refractivity (Wildman–Crippen MR) is 81.9 cm³/mol. The number of amidine groups is 1. The minimum atomic E-state index is -0.401. The number of nitrogen functional groups attached to an aromatic ring is 1. The fraction of sp³-hybridized carbons (Fsp3) is 0.562. The molecule has 0 atom stereocenters. The van der Waals surface area contributed by atoms with E-state index in [1.54, 1.807) is 6.07 Å². The van der Waals surface area contributed by atoms with Gasteiger partial charge < -0.3 is 10.6 Å². The standard InChI is InChI=1S/C16H24FN3/c1-11(2)10-20(12-6-3-4-7-12)14-9-5-8-13(17)15(14)16(18)19/h5,8-9,11-12H,3-4,6-7,10H2,1-2H3,(H3,18,19). The molecule has 2 rings (SSSR count). The number of hydrogen-bond acceptors (Lipinski definition) is 2. The molecule has 1 aliphatic carbocycles. The molecule has 1 fully saturated rings. The second-order valence-electron chi connectivity index (χ2n) is 6.03. The highest BCUT2D eigenvalue weighted by atomic mass is 19.1. The lowest BCUT2D eigenvalue weighted by Gasteiger charge is -2.34. The topological polar surface area (TPSA) is 53.1 Å². The summed E-state index contributed by atoms with van der Waals surface area (Å²) < 4.78 is 14.0. The lowest BCUT2D eigenvalue weighted by atomic mass is 10.0.